The van der Waals surface area contributed by atoms with Crippen LogP contribution < -0.4 is 10.6 Å². The lowest BCUT2D eigenvalue weighted by molar-refractivity contribution is -0.146. The number of nitrogens with zero attached hydrogens (tertiary/aromatic N) is 1. The number of carbonyl (C=O) groups is 3. The van der Waals surface area contributed by atoms with Gasteiger partial charge in [0.05, 0.1) is 28.1 Å². The summed E-state index contributed by atoms with van der Waals surface area (Å²) in [5.41, 5.74) is -1.44. The van der Waals surface area contributed by atoms with Crippen LogP contribution in [0.25, 0.3) is 0 Å². The average molecular weight is 506 g/mol. The van der Waals surface area contributed by atoms with Crippen molar-refractivity contribution in [2.45, 2.75) is 70.1 Å². The Morgan fingerprint density at radius 1 is 1.23 bits per heavy atom. The molecule has 3 aliphatic heterocycles. The van der Waals surface area contributed by atoms with E-state index in [4.69, 9.17) is 21.4 Å². The van der Waals surface area contributed by atoms with Crippen LogP contribution in [-0.2, 0) is 19.1 Å². The molecule has 8 nitrogen and oxygen atoms in total. The number of halogens is 1. The van der Waals surface area contributed by atoms with Crippen molar-refractivity contribution in [1.29, 1.82) is 0 Å². The van der Waals surface area contributed by atoms with Crippen LogP contribution in [0.4, 0.5) is 5.69 Å². The molecule has 3 aliphatic rings. The Bertz CT molecular complexity index is 989. The third-order valence-corrected chi connectivity index (χ3v) is 8.41. The number of carbonyl (C=O) groups excluding carboxylic acids is 3. The maximum absolute atomic E-state index is 13.9. The molecule has 4 rings (SSSR count). The third-order valence-electron chi connectivity index (χ3n) is 8.08. The summed E-state index contributed by atoms with van der Waals surface area (Å²) in [4.78, 5) is 42.7. The van der Waals surface area contributed by atoms with Gasteiger partial charge in [0.1, 0.15) is 11.6 Å². The molecule has 0 aliphatic carbocycles. The second-order valence-electron chi connectivity index (χ2n) is 10.3. The minimum atomic E-state index is -1.08. The molecular formula is C26H36ClN3O5. The molecule has 9 heteroatoms. The van der Waals surface area contributed by atoms with Crippen LogP contribution in [0, 0.1) is 17.8 Å². The second-order valence-corrected chi connectivity index (χ2v) is 10.7. The molecule has 2 bridgehead atoms. The van der Waals surface area contributed by atoms with E-state index in [0.717, 1.165) is 12.8 Å². The number of rotatable bonds is 10. The fraction of sp³-hybridized carbons (Fsp3) is 0.654. The van der Waals surface area contributed by atoms with Gasteiger partial charge in [0.2, 0.25) is 17.7 Å². The van der Waals surface area contributed by atoms with Crippen LogP contribution in [0.3, 0.4) is 0 Å². The van der Waals surface area contributed by atoms with E-state index in [0.29, 0.717) is 43.1 Å². The van der Waals surface area contributed by atoms with Crippen LogP contribution in [0.2, 0.25) is 5.02 Å². The van der Waals surface area contributed by atoms with Crippen molar-refractivity contribution >= 4 is 35.0 Å². The Kier molecular flexibility index (Phi) is 7.46. The van der Waals surface area contributed by atoms with Crippen LogP contribution in [0.15, 0.2) is 24.3 Å². The van der Waals surface area contributed by atoms with Gasteiger partial charge in [-0.25, -0.2) is 0 Å². The number of amides is 3. The van der Waals surface area contributed by atoms with Crippen LogP contribution >= 0.6 is 11.6 Å². The quantitative estimate of drug-likeness (QED) is 0.424. The highest BCUT2D eigenvalue weighted by atomic mass is 35.5. The summed E-state index contributed by atoms with van der Waals surface area (Å²) in [7, 11) is 0. The molecule has 3 amide bonds. The van der Waals surface area contributed by atoms with Gasteiger partial charge in [-0.05, 0) is 57.1 Å². The molecule has 0 aromatic heterocycles. The van der Waals surface area contributed by atoms with Gasteiger partial charge >= 0.3 is 0 Å². The second kappa shape index (κ2) is 10.1. The monoisotopic (exact) mass is 505 g/mol. The van der Waals surface area contributed by atoms with Crippen molar-refractivity contribution in [1.82, 2.24) is 10.2 Å². The number of para-hydroxylation sites is 1. The molecular weight excluding hydrogens is 470 g/mol. The smallest absolute Gasteiger partial charge is 0.250 e. The van der Waals surface area contributed by atoms with Crippen molar-refractivity contribution in [3.8, 4) is 0 Å². The zero-order valence-electron chi connectivity index (χ0n) is 20.7. The number of aliphatic hydroxyl groups excluding tert-OH is 1. The zero-order chi connectivity index (χ0) is 25.4. The molecule has 0 radical (unpaired) electrons. The normalized spacial score (nSPS) is 33.2. The zero-order valence-corrected chi connectivity index (χ0v) is 21.4. The number of anilines is 1. The van der Waals surface area contributed by atoms with Crippen molar-refractivity contribution < 1.29 is 24.2 Å². The molecule has 192 valence electrons. The summed E-state index contributed by atoms with van der Waals surface area (Å²) in [6.07, 6.45) is 3.30. The molecule has 3 N–H and O–H groups in total. The summed E-state index contributed by atoms with van der Waals surface area (Å²) in [5.74, 6) is -2.14. The number of fused-ring (bicyclic) bond motifs is 1. The molecule has 3 fully saturated rings. The molecule has 3 heterocycles. The fourth-order valence-electron chi connectivity index (χ4n) is 6.37. The SMILES string of the molecule is CCCNC(=O)[C@@H]1[C@H]2C(=O)N(CCCCCO)C(C(=O)Nc3ccccc3Cl)C23CC(C)[C@@]1(C)O3. The fourth-order valence-corrected chi connectivity index (χ4v) is 6.56. The Labute approximate surface area is 211 Å². The predicted molar refractivity (Wildman–Crippen MR) is 133 cm³/mol. The van der Waals surface area contributed by atoms with Gasteiger partial charge in [0.25, 0.3) is 0 Å². The van der Waals surface area contributed by atoms with Crippen molar-refractivity contribution in [3.63, 3.8) is 0 Å². The van der Waals surface area contributed by atoms with E-state index in [2.05, 4.69) is 10.6 Å². The van der Waals surface area contributed by atoms with Gasteiger partial charge in [0, 0.05) is 19.7 Å². The van der Waals surface area contributed by atoms with E-state index >= 15 is 0 Å². The van der Waals surface area contributed by atoms with Gasteiger partial charge in [0.15, 0.2) is 0 Å². The summed E-state index contributed by atoms with van der Waals surface area (Å²) in [5, 5.41) is 15.4. The number of benzene rings is 1. The van der Waals surface area contributed by atoms with Gasteiger partial charge in [-0.1, -0.05) is 37.6 Å². The molecule has 35 heavy (non-hydrogen) atoms. The van der Waals surface area contributed by atoms with Gasteiger partial charge in [-0.15, -0.1) is 0 Å². The minimum absolute atomic E-state index is 0.00567. The maximum Gasteiger partial charge on any atom is 0.250 e. The molecule has 1 spiro atoms. The number of aliphatic hydroxyl groups is 1. The first-order valence-corrected chi connectivity index (χ1v) is 13.0. The van der Waals surface area contributed by atoms with E-state index in [1.165, 1.54) is 0 Å². The number of hydrogen-bond donors (Lipinski definition) is 3. The highest BCUT2D eigenvalue weighted by molar-refractivity contribution is 6.33. The van der Waals surface area contributed by atoms with Crippen molar-refractivity contribution in [2.24, 2.45) is 17.8 Å². The maximum atomic E-state index is 13.9. The molecule has 1 aromatic rings. The van der Waals surface area contributed by atoms with Crippen molar-refractivity contribution in [3.05, 3.63) is 29.3 Å². The standard InChI is InChI=1S/C26H36ClN3O5/c1-4-12-28-22(32)19-20-24(34)30(13-8-5-9-14-31)21(26(20)15-16(2)25(19,3)35-26)23(33)29-18-11-7-6-10-17(18)27/h6-7,10-11,16,19-21,31H,4-5,8-9,12-15H2,1-3H3,(H,28,32)(H,29,33)/t16?,19-,20-,21?,25+,26?/m0/s1. The number of nitrogens with one attached hydrogen (secondary N) is 2. The first-order valence-electron chi connectivity index (χ1n) is 12.7. The number of likely N-dealkylation sites (tertiary alicyclic amines) is 1. The Hall–Kier alpha value is -2.16. The van der Waals surface area contributed by atoms with E-state index in [9.17, 15) is 14.4 Å². The molecule has 3 unspecified atom stereocenters. The minimum Gasteiger partial charge on any atom is -0.396 e. The molecule has 0 saturated carbocycles. The third kappa shape index (κ3) is 4.23. The van der Waals surface area contributed by atoms with Crippen LogP contribution in [-0.4, -0.2) is 64.7 Å². The first-order chi connectivity index (χ1) is 16.7. The predicted octanol–water partition coefficient (Wildman–Crippen LogP) is 2.98. The first kappa shape index (κ1) is 25.9. The van der Waals surface area contributed by atoms with E-state index in [-0.39, 0.29) is 30.2 Å². The number of unbranched alkanes of at least 4 members (excludes halogenated alkanes) is 2. The lowest BCUT2D eigenvalue weighted by atomic mass is 9.62. The molecule has 1 aromatic carbocycles. The highest BCUT2D eigenvalue weighted by Gasteiger charge is 2.79. The lowest BCUT2D eigenvalue weighted by Gasteiger charge is -2.36. The molecule has 6 atom stereocenters. The average Bonchev–Trinajstić information content (AvgIpc) is 3.33. The Balaban J connectivity index is 1.71. The van der Waals surface area contributed by atoms with Gasteiger partial charge in [-0.2, -0.15) is 0 Å². The van der Waals surface area contributed by atoms with Crippen LogP contribution in [0.5, 0.6) is 0 Å². The summed E-state index contributed by atoms with van der Waals surface area (Å²) < 4.78 is 6.67. The highest BCUT2D eigenvalue weighted by Crippen LogP contribution is 2.65. The van der Waals surface area contributed by atoms with E-state index in [1.807, 2.05) is 20.8 Å². The lowest BCUT2D eigenvalue weighted by Crippen LogP contribution is -2.54. The van der Waals surface area contributed by atoms with E-state index < -0.39 is 29.1 Å². The van der Waals surface area contributed by atoms with Gasteiger partial charge < -0.3 is 25.4 Å². The largest absolute Gasteiger partial charge is 0.396 e. The Morgan fingerprint density at radius 2 is 1.97 bits per heavy atom. The van der Waals surface area contributed by atoms with E-state index in [1.54, 1.807) is 29.2 Å². The summed E-state index contributed by atoms with van der Waals surface area (Å²) >= 11 is 6.30. The topological polar surface area (TPSA) is 108 Å². The van der Waals surface area contributed by atoms with Gasteiger partial charge in [-0.3, -0.25) is 14.4 Å². The van der Waals surface area contributed by atoms with Crippen molar-refractivity contribution in [2.75, 3.05) is 25.0 Å². The Morgan fingerprint density at radius 3 is 2.66 bits per heavy atom. The molecule has 3 saturated heterocycles. The summed E-state index contributed by atoms with van der Waals surface area (Å²) in [6.45, 7) is 6.87. The number of ether oxygens (including phenoxy) is 1. The van der Waals surface area contributed by atoms with Crippen LogP contribution in [0.1, 0.15) is 52.9 Å². The summed E-state index contributed by atoms with van der Waals surface area (Å²) in [6, 6.07) is 6.10. The number of hydrogen-bond acceptors (Lipinski definition) is 5.